The van der Waals surface area contributed by atoms with Gasteiger partial charge in [-0.3, -0.25) is 9.79 Å². The summed E-state index contributed by atoms with van der Waals surface area (Å²) in [5.41, 5.74) is 5.07. The predicted molar refractivity (Wildman–Crippen MR) is 114 cm³/mol. The van der Waals surface area contributed by atoms with Crippen LogP contribution >= 0.6 is 0 Å². The first-order valence-electron chi connectivity index (χ1n) is 10.3. The summed E-state index contributed by atoms with van der Waals surface area (Å²) < 4.78 is 72.9. The van der Waals surface area contributed by atoms with Gasteiger partial charge in [0.15, 0.2) is 11.6 Å². The highest BCUT2D eigenvalue weighted by atomic mass is 19.3. The summed E-state index contributed by atoms with van der Waals surface area (Å²) in [5, 5.41) is 0. The van der Waals surface area contributed by atoms with Crippen LogP contribution in [0, 0.1) is 11.7 Å². The van der Waals surface area contributed by atoms with Gasteiger partial charge in [-0.15, -0.1) is 0 Å². The molecule has 3 rings (SSSR count). The summed E-state index contributed by atoms with van der Waals surface area (Å²) in [6, 6.07) is -1.14. The number of amides is 1. The molecule has 0 aromatic carbocycles. The molecule has 0 spiro atoms. The van der Waals surface area contributed by atoms with Gasteiger partial charge in [0.25, 0.3) is 18.3 Å². The van der Waals surface area contributed by atoms with Crippen LogP contribution in [0.2, 0.25) is 0 Å². The van der Waals surface area contributed by atoms with Crippen molar-refractivity contribution in [3.05, 3.63) is 47.7 Å². The van der Waals surface area contributed by atoms with Gasteiger partial charge in [0, 0.05) is 32.1 Å². The van der Waals surface area contributed by atoms with Gasteiger partial charge in [-0.05, 0) is 5.92 Å². The number of carbonyl (C=O) groups excluding carboxylic acids is 1. The molecule has 14 heteroatoms. The zero-order chi connectivity index (χ0) is 25.8. The molecule has 188 valence electrons. The standard InChI is InChI=1S/C21H22F5N7O2/c1-11-3-21(25,26)10-33(15(11)9-35-20-31-4-12(5-32-20)17(23)24)19(34)16(27)14(8-28-2)18-29-6-13(22)7-30-18/h4-8,11,15,17H,3,9-10,27H2,1-2H3/t11-,15-/m1/s1. The van der Waals surface area contributed by atoms with E-state index in [-0.39, 0.29) is 24.0 Å². The smallest absolute Gasteiger partial charge is 0.316 e. The topological polar surface area (TPSA) is 119 Å². The number of hydrogen-bond donors (Lipinski definition) is 1. The fourth-order valence-corrected chi connectivity index (χ4v) is 3.59. The van der Waals surface area contributed by atoms with Crippen LogP contribution in [-0.2, 0) is 4.79 Å². The van der Waals surface area contributed by atoms with Crippen molar-refractivity contribution in [2.75, 3.05) is 20.2 Å². The van der Waals surface area contributed by atoms with Gasteiger partial charge in [-0.25, -0.2) is 41.9 Å². The Morgan fingerprint density at radius 1 is 1.26 bits per heavy atom. The number of allylic oxidation sites excluding steroid dienone is 1. The molecule has 0 radical (unpaired) electrons. The summed E-state index contributed by atoms with van der Waals surface area (Å²) in [6.07, 6.45) is 1.36. The maximum Gasteiger partial charge on any atom is 0.316 e. The van der Waals surface area contributed by atoms with Crippen LogP contribution in [0.25, 0.3) is 5.57 Å². The number of piperidine rings is 1. The number of aliphatic imine (C=N–C) groups is 1. The van der Waals surface area contributed by atoms with Crippen molar-refractivity contribution in [1.29, 1.82) is 0 Å². The van der Waals surface area contributed by atoms with Crippen LogP contribution in [0.15, 0.2) is 35.5 Å². The lowest BCUT2D eigenvalue weighted by atomic mass is 9.88. The van der Waals surface area contributed by atoms with Crippen molar-refractivity contribution in [3.63, 3.8) is 0 Å². The second-order valence-corrected chi connectivity index (χ2v) is 7.89. The van der Waals surface area contributed by atoms with Crippen molar-refractivity contribution >= 4 is 17.7 Å². The van der Waals surface area contributed by atoms with E-state index in [9.17, 15) is 26.7 Å². The lowest BCUT2D eigenvalue weighted by Gasteiger charge is -2.43. The summed E-state index contributed by atoms with van der Waals surface area (Å²) in [7, 11) is 1.38. The Morgan fingerprint density at radius 3 is 2.46 bits per heavy atom. The lowest BCUT2D eigenvalue weighted by molar-refractivity contribution is -0.151. The monoisotopic (exact) mass is 499 g/mol. The lowest BCUT2D eigenvalue weighted by Crippen LogP contribution is -2.58. The number of aromatic nitrogens is 4. The molecule has 1 saturated heterocycles. The number of likely N-dealkylation sites (tertiary alicyclic amines) is 1. The molecule has 35 heavy (non-hydrogen) atoms. The molecule has 1 aliphatic rings. The molecule has 1 amide bonds. The third-order valence-corrected chi connectivity index (χ3v) is 5.26. The fourth-order valence-electron chi connectivity index (χ4n) is 3.59. The Morgan fingerprint density at radius 2 is 1.89 bits per heavy atom. The number of rotatable bonds is 7. The first kappa shape index (κ1) is 25.9. The van der Waals surface area contributed by atoms with Gasteiger partial charge in [-0.2, -0.15) is 0 Å². The third-order valence-electron chi connectivity index (χ3n) is 5.26. The number of nitrogens with two attached hydrogens (primary N) is 1. The van der Waals surface area contributed by atoms with Crippen LogP contribution in [0.5, 0.6) is 6.01 Å². The summed E-state index contributed by atoms with van der Waals surface area (Å²) in [6.45, 7) is 0.269. The Labute approximate surface area is 197 Å². The molecule has 0 bridgehead atoms. The molecule has 9 nitrogen and oxygen atoms in total. The van der Waals surface area contributed by atoms with Gasteiger partial charge in [0.1, 0.15) is 12.3 Å². The normalized spacial score (nSPS) is 20.7. The zero-order valence-electron chi connectivity index (χ0n) is 18.7. The summed E-state index contributed by atoms with van der Waals surface area (Å²) >= 11 is 0. The average Bonchev–Trinajstić information content (AvgIpc) is 2.81. The highest BCUT2D eigenvalue weighted by molar-refractivity contribution is 6.17. The molecule has 2 aromatic rings. The summed E-state index contributed by atoms with van der Waals surface area (Å²) in [5.74, 6) is -5.74. The van der Waals surface area contributed by atoms with Crippen LogP contribution in [-0.4, -0.2) is 69.1 Å². The van der Waals surface area contributed by atoms with E-state index in [0.717, 1.165) is 35.9 Å². The zero-order valence-corrected chi connectivity index (χ0v) is 18.7. The van der Waals surface area contributed by atoms with Crippen LogP contribution in [0.1, 0.15) is 31.2 Å². The highest BCUT2D eigenvalue weighted by Gasteiger charge is 2.47. The minimum atomic E-state index is -3.20. The van der Waals surface area contributed by atoms with Crippen LogP contribution in [0.3, 0.4) is 0 Å². The number of nitrogens with zero attached hydrogens (tertiary/aromatic N) is 6. The molecule has 2 N–H and O–H groups in total. The predicted octanol–water partition coefficient (Wildman–Crippen LogP) is 2.67. The minimum absolute atomic E-state index is 0.0790. The van der Waals surface area contributed by atoms with Crippen molar-refractivity contribution < 1.29 is 31.5 Å². The molecule has 1 aliphatic heterocycles. The number of alkyl halides is 4. The Hall–Kier alpha value is -3.71. The average molecular weight is 499 g/mol. The number of halogens is 5. The molecule has 0 aliphatic carbocycles. The quantitative estimate of drug-likeness (QED) is 0.353. The van der Waals surface area contributed by atoms with E-state index in [0.29, 0.717) is 0 Å². The number of ether oxygens (including phenoxy) is 1. The molecular weight excluding hydrogens is 477 g/mol. The fraction of sp³-hybridized carbons (Fsp3) is 0.429. The maximum absolute atomic E-state index is 14.4. The Bertz CT molecular complexity index is 1090. The molecule has 2 aromatic heterocycles. The second kappa shape index (κ2) is 10.7. The van der Waals surface area contributed by atoms with Crippen LogP contribution in [0.4, 0.5) is 22.0 Å². The largest absolute Gasteiger partial charge is 0.461 e. The van der Waals surface area contributed by atoms with E-state index in [1.165, 1.54) is 14.0 Å². The van der Waals surface area contributed by atoms with Gasteiger partial charge in [0.05, 0.1) is 36.1 Å². The molecule has 0 unspecified atom stereocenters. The van der Waals surface area contributed by atoms with E-state index in [4.69, 9.17) is 10.5 Å². The van der Waals surface area contributed by atoms with Gasteiger partial charge in [-0.1, -0.05) is 6.92 Å². The first-order chi connectivity index (χ1) is 16.5. The summed E-state index contributed by atoms with van der Waals surface area (Å²) in [4.78, 5) is 32.8. The van der Waals surface area contributed by atoms with E-state index in [2.05, 4.69) is 24.9 Å². The third kappa shape index (κ3) is 6.25. The van der Waals surface area contributed by atoms with Crippen LogP contribution < -0.4 is 10.5 Å². The highest BCUT2D eigenvalue weighted by Crippen LogP contribution is 2.35. The van der Waals surface area contributed by atoms with Gasteiger partial charge >= 0.3 is 6.01 Å². The first-order valence-corrected chi connectivity index (χ1v) is 10.3. The van der Waals surface area contributed by atoms with E-state index in [1.54, 1.807) is 0 Å². The molecule has 0 saturated carbocycles. The van der Waals surface area contributed by atoms with Crippen molar-refractivity contribution in [3.8, 4) is 6.01 Å². The molecule has 1 fully saturated rings. The Balaban J connectivity index is 1.90. The second-order valence-electron chi connectivity index (χ2n) is 7.89. The molecule has 2 atom stereocenters. The minimum Gasteiger partial charge on any atom is -0.461 e. The van der Waals surface area contributed by atoms with Gasteiger partial charge < -0.3 is 15.4 Å². The van der Waals surface area contributed by atoms with Crippen molar-refractivity contribution in [2.24, 2.45) is 16.6 Å². The van der Waals surface area contributed by atoms with E-state index >= 15 is 0 Å². The maximum atomic E-state index is 14.4. The van der Waals surface area contributed by atoms with Crippen molar-refractivity contribution in [2.45, 2.75) is 31.7 Å². The van der Waals surface area contributed by atoms with Crippen molar-refractivity contribution in [1.82, 2.24) is 24.8 Å². The SMILES string of the molecule is CN=CC(=C(N)C(=O)N1CC(F)(F)C[C@@H](C)[C@H]1COc1ncc(C(F)F)cn1)c1ncc(F)cn1. The number of hydrogen-bond acceptors (Lipinski definition) is 8. The number of carbonyl (C=O) groups is 1. The van der Waals surface area contributed by atoms with Gasteiger partial charge in [0.2, 0.25) is 0 Å². The molecule has 3 heterocycles. The Kier molecular flexibility index (Phi) is 7.92. The van der Waals surface area contributed by atoms with E-state index < -0.39 is 60.3 Å². The molecular formula is C21H22F5N7O2. The van der Waals surface area contributed by atoms with E-state index in [1.807, 2.05) is 0 Å².